The van der Waals surface area contributed by atoms with Crippen molar-refractivity contribution in [2.75, 3.05) is 7.11 Å². The van der Waals surface area contributed by atoms with Gasteiger partial charge in [0.15, 0.2) is 0 Å². The van der Waals surface area contributed by atoms with Gasteiger partial charge < -0.3 is 0 Å². The molecule has 1 aromatic rings. The molecule has 0 aromatic heterocycles. The molecule has 0 spiro atoms. The van der Waals surface area contributed by atoms with Crippen molar-refractivity contribution in [2.24, 2.45) is 0 Å². The molecular formula is C8H9NaO4S2. The summed E-state index contributed by atoms with van der Waals surface area (Å²) < 4.78 is 26.0. The van der Waals surface area contributed by atoms with E-state index in [0.29, 0.717) is 5.56 Å². The summed E-state index contributed by atoms with van der Waals surface area (Å²) in [7, 11) is -2.62. The minimum absolute atomic E-state index is 0. The number of carbonyl (C=O) groups is 1. The van der Waals surface area contributed by atoms with Crippen molar-refractivity contribution in [3.63, 3.8) is 0 Å². The van der Waals surface area contributed by atoms with Crippen molar-refractivity contribution in [3.8, 4) is 0 Å². The van der Waals surface area contributed by atoms with E-state index < -0.39 is 14.3 Å². The Balaban J connectivity index is 0.00000196. The summed E-state index contributed by atoms with van der Waals surface area (Å²) in [6.07, 6.45) is 0. The van der Waals surface area contributed by atoms with Crippen LogP contribution >= 0.6 is 10.8 Å². The van der Waals surface area contributed by atoms with E-state index in [1.807, 2.05) is 0 Å². The number of carbonyl (C=O) groups excluding carboxylic acids is 1. The zero-order valence-corrected chi connectivity index (χ0v) is 8.97. The molecule has 1 rings (SSSR count). The molecule has 0 aliphatic carbocycles. The third kappa shape index (κ3) is 5.14. The predicted molar refractivity (Wildman–Crippen MR) is 61.4 cm³/mol. The van der Waals surface area contributed by atoms with Gasteiger partial charge in [-0.15, -0.1) is 0 Å². The van der Waals surface area contributed by atoms with E-state index in [-0.39, 0.29) is 40.4 Å². The molecule has 0 radical (unpaired) electrons. The fraction of sp³-hybridized carbons (Fsp3) is 0.125. The van der Waals surface area contributed by atoms with Gasteiger partial charge in [0.25, 0.3) is 0 Å². The quantitative estimate of drug-likeness (QED) is 0.591. The molecule has 0 heterocycles. The average molecular weight is 256 g/mol. The Morgan fingerprint density at radius 2 is 1.80 bits per heavy atom. The first-order valence-electron chi connectivity index (χ1n) is 3.64. The number of rotatable bonds is 3. The normalized spacial score (nSPS) is 10.5. The summed E-state index contributed by atoms with van der Waals surface area (Å²) in [4.78, 5) is 11.3. The Morgan fingerprint density at radius 3 is 2.27 bits per heavy atom. The van der Waals surface area contributed by atoms with Crippen molar-refractivity contribution >= 4 is 54.6 Å². The van der Waals surface area contributed by atoms with Crippen LogP contribution in [-0.2, 0) is 13.3 Å². The van der Waals surface area contributed by atoms with E-state index in [0.717, 1.165) is 7.11 Å². The van der Waals surface area contributed by atoms with E-state index in [9.17, 15) is 13.2 Å². The van der Waals surface area contributed by atoms with Crippen LogP contribution in [0.5, 0.6) is 0 Å². The van der Waals surface area contributed by atoms with Crippen molar-refractivity contribution in [2.45, 2.75) is 0 Å². The second kappa shape index (κ2) is 6.67. The first-order chi connectivity index (χ1) is 6.55. The first-order valence-corrected chi connectivity index (χ1v) is 6.39. The van der Waals surface area contributed by atoms with E-state index in [2.05, 4.69) is 4.18 Å². The molecule has 0 bridgehead atoms. The zero-order valence-electron chi connectivity index (χ0n) is 7.34. The minimum atomic E-state index is -3.80. The van der Waals surface area contributed by atoms with Gasteiger partial charge in [-0.2, -0.15) is 8.42 Å². The maximum absolute atomic E-state index is 11.3. The zero-order chi connectivity index (χ0) is 10.6. The van der Waals surface area contributed by atoms with Gasteiger partial charge in [-0.3, -0.25) is 8.98 Å². The van der Waals surface area contributed by atoms with Crippen LogP contribution in [0.4, 0.5) is 0 Å². The Labute approximate surface area is 114 Å². The molecule has 0 aliphatic rings. The monoisotopic (exact) mass is 256 g/mol. The summed E-state index contributed by atoms with van der Waals surface area (Å²) in [5.74, 6) is 0. The Hall–Kier alpha value is 0.150. The van der Waals surface area contributed by atoms with Crippen LogP contribution in [0.25, 0.3) is 0 Å². The summed E-state index contributed by atoms with van der Waals surface area (Å²) >= 11 is 0. The van der Waals surface area contributed by atoms with Gasteiger partial charge in [-0.1, -0.05) is 30.3 Å². The molecule has 0 saturated carbocycles. The molecule has 15 heavy (non-hydrogen) atoms. The summed E-state index contributed by atoms with van der Waals surface area (Å²) in [6, 6.07) is 8.15. The van der Waals surface area contributed by atoms with Crippen molar-refractivity contribution < 1.29 is 17.4 Å². The molecule has 0 unspecified atom stereocenters. The van der Waals surface area contributed by atoms with E-state index in [1.54, 1.807) is 30.3 Å². The summed E-state index contributed by atoms with van der Waals surface area (Å²) in [6.45, 7) is 0. The number of hydrogen-bond donors (Lipinski definition) is 0. The van der Waals surface area contributed by atoms with Gasteiger partial charge in [-0.25, -0.2) is 0 Å². The van der Waals surface area contributed by atoms with Crippen LogP contribution in [0.1, 0.15) is 10.4 Å². The van der Waals surface area contributed by atoms with Gasteiger partial charge >= 0.3 is 38.7 Å². The van der Waals surface area contributed by atoms with Gasteiger partial charge in [0, 0.05) is 5.56 Å². The van der Waals surface area contributed by atoms with E-state index >= 15 is 0 Å². The maximum atomic E-state index is 11.3. The standard InChI is InChI=1S/C8H8O4S2.Na.H/c1-12-14(10,11)13-8(9)7-5-3-2-4-6-7;;/h2-6H,1H3;;. The summed E-state index contributed by atoms with van der Waals surface area (Å²) in [5.41, 5.74) is 0.332. The molecule has 0 N–H and O–H groups in total. The molecule has 1 aromatic carbocycles. The second-order valence-electron chi connectivity index (χ2n) is 2.31. The Bertz CT molecular complexity index is 416. The summed E-state index contributed by atoms with van der Waals surface area (Å²) in [5, 5.41) is -0.549. The average Bonchev–Trinajstić information content (AvgIpc) is 2.19. The van der Waals surface area contributed by atoms with Crippen molar-refractivity contribution in [1.29, 1.82) is 0 Å². The second-order valence-corrected chi connectivity index (χ2v) is 5.72. The Morgan fingerprint density at radius 1 is 1.27 bits per heavy atom. The number of hydrogen-bond acceptors (Lipinski definition) is 5. The van der Waals surface area contributed by atoms with Crippen molar-refractivity contribution in [3.05, 3.63) is 35.9 Å². The van der Waals surface area contributed by atoms with Gasteiger partial charge in [0.2, 0.25) is 5.12 Å². The fourth-order valence-electron chi connectivity index (χ4n) is 0.749. The fourth-order valence-corrected chi connectivity index (χ4v) is 2.28. The molecule has 0 saturated heterocycles. The van der Waals surface area contributed by atoms with Gasteiger partial charge in [-0.05, 0) is 0 Å². The molecule has 7 heteroatoms. The van der Waals surface area contributed by atoms with Crippen LogP contribution in [0.2, 0.25) is 0 Å². The SMILES string of the molecule is COS(=O)(=O)SC(=O)c1ccccc1.[NaH]. The van der Waals surface area contributed by atoms with Gasteiger partial charge in [0.05, 0.1) is 17.9 Å². The van der Waals surface area contributed by atoms with Crippen LogP contribution in [0, 0.1) is 0 Å². The molecule has 0 atom stereocenters. The first kappa shape index (κ1) is 15.2. The van der Waals surface area contributed by atoms with Crippen molar-refractivity contribution in [1.82, 2.24) is 0 Å². The topological polar surface area (TPSA) is 60.4 Å². The molecule has 0 aliphatic heterocycles. The van der Waals surface area contributed by atoms with Crippen LogP contribution in [0.3, 0.4) is 0 Å². The third-order valence-electron chi connectivity index (χ3n) is 1.39. The third-order valence-corrected chi connectivity index (χ3v) is 3.87. The van der Waals surface area contributed by atoms with Crippen LogP contribution in [0.15, 0.2) is 30.3 Å². The molecule has 0 fully saturated rings. The molecule has 78 valence electrons. The van der Waals surface area contributed by atoms with Crippen LogP contribution < -0.4 is 0 Å². The molecular weight excluding hydrogens is 247 g/mol. The molecule has 4 nitrogen and oxygen atoms in total. The number of benzene rings is 1. The predicted octanol–water partition coefficient (Wildman–Crippen LogP) is 0.803. The van der Waals surface area contributed by atoms with Gasteiger partial charge in [0.1, 0.15) is 0 Å². The van der Waals surface area contributed by atoms with E-state index in [1.165, 1.54) is 0 Å². The van der Waals surface area contributed by atoms with Crippen LogP contribution in [-0.4, -0.2) is 50.2 Å². The van der Waals surface area contributed by atoms with E-state index in [4.69, 9.17) is 0 Å². The molecule has 0 amide bonds. The Kier molecular flexibility index (Phi) is 6.74.